The third-order valence-electron chi connectivity index (χ3n) is 5.97. The first kappa shape index (κ1) is 23.9. The lowest BCUT2D eigenvalue weighted by molar-refractivity contribution is 0.323. The molecule has 0 radical (unpaired) electrons. The van der Waals surface area contributed by atoms with Crippen molar-refractivity contribution in [2.75, 3.05) is 30.9 Å². The smallest absolute Gasteiger partial charge is 0.225 e. The van der Waals surface area contributed by atoms with Crippen molar-refractivity contribution in [3.8, 4) is 0 Å². The molecule has 5 nitrogen and oxygen atoms in total. The summed E-state index contributed by atoms with van der Waals surface area (Å²) in [6.07, 6.45) is 4.22. The Morgan fingerprint density at radius 3 is 2.47 bits per heavy atom. The second-order valence-corrected chi connectivity index (χ2v) is 8.49. The van der Waals surface area contributed by atoms with Crippen molar-refractivity contribution in [1.82, 2.24) is 15.3 Å². The van der Waals surface area contributed by atoms with Crippen molar-refractivity contribution in [3.63, 3.8) is 0 Å². The summed E-state index contributed by atoms with van der Waals surface area (Å²) in [5.41, 5.74) is 1.31. The maximum atomic E-state index is 13.8. The predicted octanol–water partition coefficient (Wildman–Crippen LogP) is 5.37. The van der Waals surface area contributed by atoms with Crippen LogP contribution in [0.5, 0.6) is 0 Å². The van der Waals surface area contributed by atoms with Crippen LogP contribution in [0, 0.1) is 17.6 Å². The average molecular weight is 442 g/mol. The molecule has 2 aromatic carbocycles. The van der Waals surface area contributed by atoms with E-state index in [-0.39, 0.29) is 7.43 Å². The highest BCUT2D eigenvalue weighted by Gasteiger charge is 2.22. The van der Waals surface area contributed by atoms with E-state index in [1.54, 1.807) is 12.1 Å². The minimum Gasteiger partial charge on any atom is -0.362 e. The van der Waals surface area contributed by atoms with Crippen LogP contribution in [0.1, 0.15) is 38.7 Å². The average Bonchev–Trinajstić information content (AvgIpc) is 2.77. The Morgan fingerprint density at radius 1 is 0.969 bits per heavy atom. The van der Waals surface area contributed by atoms with E-state index in [9.17, 15) is 8.78 Å². The van der Waals surface area contributed by atoms with Crippen LogP contribution in [0.3, 0.4) is 0 Å². The summed E-state index contributed by atoms with van der Waals surface area (Å²) in [4.78, 5) is 11.5. The van der Waals surface area contributed by atoms with Crippen molar-refractivity contribution in [2.24, 2.45) is 5.92 Å². The van der Waals surface area contributed by atoms with Gasteiger partial charge in [-0.3, -0.25) is 0 Å². The summed E-state index contributed by atoms with van der Waals surface area (Å²) in [7, 11) is 3.99. The van der Waals surface area contributed by atoms with Crippen molar-refractivity contribution < 1.29 is 8.78 Å². The highest BCUT2D eigenvalue weighted by Crippen LogP contribution is 2.28. The van der Waals surface area contributed by atoms with Crippen molar-refractivity contribution in [1.29, 1.82) is 0 Å². The topological polar surface area (TPSA) is 53.1 Å². The van der Waals surface area contributed by atoms with Gasteiger partial charge in [-0.2, -0.15) is 4.98 Å². The molecule has 2 N–H and O–H groups in total. The fourth-order valence-corrected chi connectivity index (χ4v) is 4.25. The third kappa shape index (κ3) is 5.51. The molecule has 0 spiro atoms. The van der Waals surface area contributed by atoms with Gasteiger partial charge in [-0.05, 0) is 56.3 Å². The number of hydrogen-bond acceptors (Lipinski definition) is 5. The van der Waals surface area contributed by atoms with Gasteiger partial charge in [0.2, 0.25) is 5.95 Å². The first-order valence-electron chi connectivity index (χ1n) is 10.9. The van der Waals surface area contributed by atoms with E-state index in [0.29, 0.717) is 30.0 Å². The van der Waals surface area contributed by atoms with Gasteiger partial charge in [0.15, 0.2) is 11.6 Å². The molecule has 0 aliphatic heterocycles. The molecule has 1 heterocycles. The number of fused-ring (bicyclic) bond motifs is 1. The molecule has 4 rings (SSSR count). The number of nitrogens with zero attached hydrogens (tertiary/aromatic N) is 3. The highest BCUT2D eigenvalue weighted by atomic mass is 19.2. The second-order valence-electron chi connectivity index (χ2n) is 8.49. The van der Waals surface area contributed by atoms with Gasteiger partial charge in [0.1, 0.15) is 5.82 Å². The number of rotatable bonds is 7. The van der Waals surface area contributed by atoms with Gasteiger partial charge in [0, 0.05) is 37.6 Å². The van der Waals surface area contributed by atoms with E-state index in [1.807, 2.05) is 43.3 Å². The van der Waals surface area contributed by atoms with Gasteiger partial charge in [-0.1, -0.05) is 31.7 Å². The van der Waals surface area contributed by atoms with Crippen LogP contribution < -0.4 is 15.5 Å². The summed E-state index contributed by atoms with van der Waals surface area (Å²) in [5.74, 6) is 0.570. The summed E-state index contributed by atoms with van der Waals surface area (Å²) in [5, 5.41) is 7.85. The minimum atomic E-state index is -0.792. The lowest BCUT2D eigenvalue weighted by Crippen LogP contribution is -2.31. The Morgan fingerprint density at radius 2 is 1.72 bits per heavy atom. The Hall–Kier alpha value is -2.80. The van der Waals surface area contributed by atoms with E-state index < -0.39 is 11.6 Å². The quantitative estimate of drug-likeness (QED) is 0.516. The first-order chi connectivity index (χ1) is 15.0. The Kier molecular flexibility index (Phi) is 7.96. The Balaban J connectivity index is 0.00000289. The first-order valence-corrected chi connectivity index (χ1v) is 10.9. The van der Waals surface area contributed by atoms with Gasteiger partial charge in [-0.25, -0.2) is 13.8 Å². The number of halogens is 2. The summed E-state index contributed by atoms with van der Waals surface area (Å²) in [6, 6.07) is 12.7. The lowest BCUT2D eigenvalue weighted by Gasteiger charge is -2.29. The number of nitrogens with one attached hydrogen (secondary N) is 2. The van der Waals surface area contributed by atoms with Crippen LogP contribution >= 0.6 is 0 Å². The van der Waals surface area contributed by atoms with Gasteiger partial charge >= 0.3 is 0 Å². The second kappa shape index (κ2) is 10.7. The number of benzene rings is 2. The molecular formula is C25H33F2N5. The fraction of sp³-hybridized carbons (Fsp3) is 0.440. The van der Waals surface area contributed by atoms with E-state index in [2.05, 4.69) is 10.6 Å². The summed E-state index contributed by atoms with van der Waals surface area (Å²) in [6.45, 7) is 1.15. The van der Waals surface area contributed by atoms with Gasteiger partial charge < -0.3 is 15.5 Å². The Bertz CT molecular complexity index is 1030. The normalized spacial score (nSPS) is 18.2. The third-order valence-corrected chi connectivity index (χ3v) is 5.97. The number of para-hydroxylation sites is 1. The van der Waals surface area contributed by atoms with Crippen LogP contribution in [-0.2, 0) is 6.54 Å². The van der Waals surface area contributed by atoms with Crippen LogP contribution in [0.2, 0.25) is 0 Å². The zero-order chi connectivity index (χ0) is 21.8. The molecule has 1 fully saturated rings. The fourth-order valence-electron chi connectivity index (χ4n) is 4.25. The maximum absolute atomic E-state index is 13.8. The van der Waals surface area contributed by atoms with Crippen molar-refractivity contribution in [3.05, 3.63) is 59.7 Å². The van der Waals surface area contributed by atoms with Gasteiger partial charge in [0.05, 0.1) is 5.52 Å². The molecule has 172 valence electrons. The molecular weight excluding hydrogens is 408 g/mol. The zero-order valence-electron chi connectivity index (χ0n) is 18.0. The largest absolute Gasteiger partial charge is 0.362 e. The maximum Gasteiger partial charge on any atom is 0.225 e. The molecule has 0 amide bonds. The molecule has 1 aliphatic carbocycles. The zero-order valence-corrected chi connectivity index (χ0v) is 18.0. The molecule has 1 saturated carbocycles. The molecule has 0 unspecified atom stereocenters. The molecule has 3 aromatic rings. The van der Waals surface area contributed by atoms with E-state index in [0.717, 1.165) is 55.0 Å². The predicted molar refractivity (Wildman–Crippen MR) is 128 cm³/mol. The van der Waals surface area contributed by atoms with Crippen LogP contribution in [-0.4, -0.2) is 36.6 Å². The van der Waals surface area contributed by atoms with Crippen molar-refractivity contribution >= 4 is 22.7 Å². The van der Waals surface area contributed by atoms with Crippen molar-refractivity contribution in [2.45, 2.75) is 45.7 Å². The van der Waals surface area contributed by atoms with E-state index in [1.165, 1.54) is 0 Å². The standard InChI is InChI=1S/C24H29F2N5.CH4/c1-31(2)23-19-7-3-4-9-21(19)29-24(30-23)28-18-12-10-16(11-13-18)14-27-15-17-6-5-8-20(25)22(17)26;/h3-9,16,18,27H,10-15H2,1-2H3,(H,28,29,30);1H4. The van der Waals surface area contributed by atoms with Crippen LogP contribution in [0.25, 0.3) is 10.9 Å². The highest BCUT2D eigenvalue weighted by molar-refractivity contribution is 5.90. The van der Waals surface area contributed by atoms with E-state index in [4.69, 9.17) is 9.97 Å². The molecule has 0 saturated heterocycles. The van der Waals surface area contributed by atoms with E-state index >= 15 is 0 Å². The van der Waals surface area contributed by atoms with Crippen LogP contribution in [0.15, 0.2) is 42.5 Å². The number of hydrogen-bond donors (Lipinski definition) is 2. The lowest BCUT2D eigenvalue weighted by atomic mass is 9.86. The van der Waals surface area contributed by atoms with Gasteiger partial charge in [0.25, 0.3) is 0 Å². The molecule has 1 aromatic heterocycles. The van der Waals surface area contributed by atoms with Gasteiger partial charge in [-0.15, -0.1) is 0 Å². The molecule has 7 heteroatoms. The number of aromatic nitrogens is 2. The molecule has 1 aliphatic rings. The monoisotopic (exact) mass is 441 g/mol. The SMILES string of the molecule is C.CN(C)c1nc(NC2CCC(CNCc3cccc(F)c3F)CC2)nc2ccccc12. The summed E-state index contributed by atoms with van der Waals surface area (Å²) < 4.78 is 27.1. The molecule has 0 atom stereocenters. The molecule has 32 heavy (non-hydrogen) atoms. The summed E-state index contributed by atoms with van der Waals surface area (Å²) >= 11 is 0. The minimum absolute atomic E-state index is 0. The van der Waals surface area contributed by atoms with Crippen LogP contribution in [0.4, 0.5) is 20.5 Å². The number of anilines is 2. The Labute approximate surface area is 189 Å². The molecule has 0 bridgehead atoms.